The molecule has 0 atom stereocenters. The van der Waals surface area contributed by atoms with Crippen molar-refractivity contribution in [3.63, 3.8) is 0 Å². The Morgan fingerprint density at radius 3 is 2.83 bits per heavy atom. The number of nitrogens with zero attached hydrogens (tertiary/aromatic N) is 4. The molecule has 158 valence electrons. The third-order valence-corrected chi connectivity index (χ3v) is 6.07. The largest absolute Gasteiger partial charge is 0.467 e. The number of hydrogen-bond donors (Lipinski definition) is 1. The molecule has 1 N–H and O–H groups in total. The fraction of sp³-hybridized carbons (Fsp3) is 0.381. The number of furan rings is 1. The van der Waals surface area contributed by atoms with Gasteiger partial charge in [0.25, 0.3) is 0 Å². The van der Waals surface area contributed by atoms with Crippen LogP contribution >= 0.6 is 11.8 Å². The molecule has 2 aromatic heterocycles. The summed E-state index contributed by atoms with van der Waals surface area (Å²) in [6, 6.07) is 9.60. The van der Waals surface area contributed by atoms with Gasteiger partial charge in [-0.2, -0.15) is 0 Å². The minimum absolute atomic E-state index is 0.143. The van der Waals surface area contributed by atoms with E-state index in [9.17, 15) is 9.18 Å². The van der Waals surface area contributed by atoms with Crippen molar-refractivity contribution >= 4 is 29.3 Å². The summed E-state index contributed by atoms with van der Waals surface area (Å²) >= 11 is 1.30. The number of aromatic nitrogens is 3. The maximum Gasteiger partial charge on any atom is 0.234 e. The van der Waals surface area contributed by atoms with Gasteiger partial charge in [0.1, 0.15) is 11.6 Å². The van der Waals surface area contributed by atoms with Crippen molar-refractivity contribution in [1.29, 1.82) is 0 Å². The summed E-state index contributed by atoms with van der Waals surface area (Å²) in [7, 11) is 0. The average molecular weight is 430 g/mol. The normalized spacial score (nSPS) is 14.8. The molecular formula is C21H24FN5O2S. The molecule has 0 aliphatic carbocycles. The molecule has 7 nitrogen and oxygen atoms in total. The van der Waals surface area contributed by atoms with Crippen molar-refractivity contribution in [3.05, 3.63) is 54.2 Å². The molecule has 4 rings (SSSR count). The lowest BCUT2D eigenvalue weighted by atomic mass is 10.00. The van der Waals surface area contributed by atoms with E-state index in [0.717, 1.165) is 37.6 Å². The highest BCUT2D eigenvalue weighted by atomic mass is 32.2. The van der Waals surface area contributed by atoms with Gasteiger partial charge in [0.2, 0.25) is 11.9 Å². The molecule has 1 aliphatic rings. The second-order valence-electron chi connectivity index (χ2n) is 7.46. The van der Waals surface area contributed by atoms with E-state index < -0.39 is 0 Å². The second-order valence-corrected chi connectivity index (χ2v) is 8.41. The zero-order chi connectivity index (χ0) is 20.9. The summed E-state index contributed by atoms with van der Waals surface area (Å²) in [5.41, 5.74) is 0.431. The molecule has 1 saturated heterocycles. The van der Waals surface area contributed by atoms with E-state index in [0.29, 0.717) is 23.3 Å². The Morgan fingerprint density at radius 2 is 2.10 bits per heavy atom. The van der Waals surface area contributed by atoms with Crippen LogP contribution in [0.3, 0.4) is 0 Å². The number of thioether (sulfide) groups is 1. The van der Waals surface area contributed by atoms with Crippen molar-refractivity contribution in [2.75, 3.05) is 29.1 Å². The number of piperidine rings is 1. The van der Waals surface area contributed by atoms with E-state index in [4.69, 9.17) is 4.42 Å². The minimum Gasteiger partial charge on any atom is -0.467 e. The number of nitrogens with one attached hydrogen (secondary N) is 1. The van der Waals surface area contributed by atoms with Crippen LogP contribution in [-0.4, -0.2) is 39.5 Å². The zero-order valence-electron chi connectivity index (χ0n) is 16.8. The fourth-order valence-electron chi connectivity index (χ4n) is 3.42. The van der Waals surface area contributed by atoms with Crippen LogP contribution in [-0.2, 0) is 11.3 Å². The van der Waals surface area contributed by atoms with Crippen molar-refractivity contribution < 1.29 is 13.6 Å². The van der Waals surface area contributed by atoms with Gasteiger partial charge in [-0.15, -0.1) is 10.2 Å². The monoisotopic (exact) mass is 429 g/mol. The first-order chi connectivity index (χ1) is 14.6. The highest BCUT2D eigenvalue weighted by molar-refractivity contribution is 7.99. The van der Waals surface area contributed by atoms with Crippen LogP contribution in [0, 0.1) is 11.7 Å². The number of carbonyl (C=O) groups is 1. The van der Waals surface area contributed by atoms with Gasteiger partial charge in [0, 0.05) is 18.8 Å². The van der Waals surface area contributed by atoms with Crippen LogP contribution in [0.4, 0.5) is 16.0 Å². The molecule has 0 spiro atoms. The Bertz CT molecular complexity index is 983. The Labute approximate surface area is 178 Å². The van der Waals surface area contributed by atoms with Gasteiger partial charge in [0.15, 0.2) is 5.16 Å². The van der Waals surface area contributed by atoms with E-state index in [-0.39, 0.29) is 17.5 Å². The van der Waals surface area contributed by atoms with Crippen molar-refractivity contribution in [3.8, 4) is 0 Å². The molecule has 3 aromatic rings. The summed E-state index contributed by atoms with van der Waals surface area (Å²) in [6.45, 7) is 4.63. The summed E-state index contributed by atoms with van der Waals surface area (Å²) in [5, 5.41) is 12.1. The number of rotatable bonds is 7. The first kappa shape index (κ1) is 20.5. The summed E-state index contributed by atoms with van der Waals surface area (Å²) in [6.07, 6.45) is 3.87. The van der Waals surface area contributed by atoms with Gasteiger partial charge in [-0.05, 0) is 49.1 Å². The molecule has 3 heterocycles. The molecule has 1 aliphatic heterocycles. The molecule has 30 heavy (non-hydrogen) atoms. The molecule has 1 aromatic carbocycles. The minimum atomic E-state index is -0.390. The number of benzene rings is 1. The smallest absolute Gasteiger partial charge is 0.234 e. The quantitative estimate of drug-likeness (QED) is 0.572. The first-order valence-electron chi connectivity index (χ1n) is 9.97. The van der Waals surface area contributed by atoms with E-state index in [2.05, 4.69) is 27.3 Å². The fourth-order valence-corrected chi connectivity index (χ4v) is 4.15. The van der Waals surface area contributed by atoms with E-state index in [1.807, 2.05) is 16.7 Å². The summed E-state index contributed by atoms with van der Waals surface area (Å²) in [4.78, 5) is 14.6. The molecule has 0 radical (unpaired) electrons. The highest BCUT2D eigenvalue weighted by Gasteiger charge is 2.23. The van der Waals surface area contributed by atoms with Crippen LogP contribution < -0.4 is 10.2 Å². The lowest BCUT2D eigenvalue weighted by Crippen LogP contribution is -2.35. The third-order valence-electron chi connectivity index (χ3n) is 5.10. The predicted octanol–water partition coefficient (Wildman–Crippen LogP) is 4.03. The number of amides is 1. The molecule has 0 saturated carbocycles. The van der Waals surface area contributed by atoms with E-state index >= 15 is 0 Å². The van der Waals surface area contributed by atoms with Gasteiger partial charge >= 0.3 is 0 Å². The van der Waals surface area contributed by atoms with E-state index in [1.54, 1.807) is 18.4 Å². The van der Waals surface area contributed by atoms with Crippen LogP contribution in [0.5, 0.6) is 0 Å². The number of halogens is 1. The first-order valence-corrected chi connectivity index (χ1v) is 11.0. The van der Waals surface area contributed by atoms with Crippen LogP contribution in [0.2, 0.25) is 0 Å². The van der Waals surface area contributed by atoms with Crippen LogP contribution in [0.25, 0.3) is 0 Å². The Balaban J connectivity index is 1.47. The van der Waals surface area contributed by atoms with Crippen LogP contribution in [0.15, 0.2) is 52.2 Å². The molecular weight excluding hydrogens is 405 g/mol. The maximum absolute atomic E-state index is 13.3. The number of carbonyl (C=O) groups excluding carboxylic acids is 1. The highest BCUT2D eigenvalue weighted by Crippen LogP contribution is 2.27. The van der Waals surface area contributed by atoms with Gasteiger partial charge in [0.05, 0.1) is 18.6 Å². The number of hydrogen-bond acceptors (Lipinski definition) is 6. The standard InChI is InChI=1S/C21H24FN5O2S/c1-15-7-9-26(10-8-15)20-24-25-21(27(20)13-18-6-3-11-29-18)30-14-19(28)23-17-5-2-4-16(22)12-17/h2-6,11-12,15H,7-10,13-14H2,1H3,(H,23,28). The molecule has 1 amide bonds. The molecule has 0 bridgehead atoms. The Hall–Kier alpha value is -2.81. The maximum atomic E-state index is 13.3. The lowest BCUT2D eigenvalue weighted by molar-refractivity contribution is -0.113. The zero-order valence-corrected chi connectivity index (χ0v) is 17.6. The van der Waals surface area contributed by atoms with Crippen molar-refractivity contribution in [2.24, 2.45) is 5.92 Å². The van der Waals surface area contributed by atoms with E-state index in [1.165, 1.54) is 23.9 Å². The van der Waals surface area contributed by atoms with Gasteiger partial charge in [-0.3, -0.25) is 9.36 Å². The predicted molar refractivity (Wildman–Crippen MR) is 114 cm³/mol. The lowest BCUT2D eigenvalue weighted by Gasteiger charge is -2.31. The van der Waals surface area contributed by atoms with Gasteiger partial charge in [-0.1, -0.05) is 24.8 Å². The molecule has 1 fully saturated rings. The van der Waals surface area contributed by atoms with Crippen molar-refractivity contribution in [1.82, 2.24) is 14.8 Å². The average Bonchev–Trinajstić information content (AvgIpc) is 3.38. The van der Waals surface area contributed by atoms with Crippen LogP contribution in [0.1, 0.15) is 25.5 Å². The summed E-state index contributed by atoms with van der Waals surface area (Å²) in [5.74, 6) is 1.83. The topological polar surface area (TPSA) is 76.2 Å². The Morgan fingerprint density at radius 1 is 1.27 bits per heavy atom. The summed E-state index contributed by atoms with van der Waals surface area (Å²) < 4.78 is 20.8. The SMILES string of the molecule is CC1CCN(c2nnc(SCC(=O)Nc3cccc(F)c3)n2Cc2ccco2)CC1. The second kappa shape index (κ2) is 9.34. The molecule has 0 unspecified atom stereocenters. The molecule has 9 heteroatoms. The van der Waals surface area contributed by atoms with Gasteiger partial charge in [-0.25, -0.2) is 4.39 Å². The number of anilines is 2. The van der Waals surface area contributed by atoms with Crippen molar-refractivity contribution in [2.45, 2.75) is 31.5 Å². The Kier molecular flexibility index (Phi) is 6.37. The third kappa shape index (κ3) is 5.02. The van der Waals surface area contributed by atoms with Gasteiger partial charge < -0.3 is 14.6 Å².